The van der Waals surface area contributed by atoms with Crippen molar-refractivity contribution in [3.8, 4) is 0 Å². The van der Waals surface area contributed by atoms with Gasteiger partial charge in [0.05, 0.1) is 10.5 Å². The Morgan fingerprint density at radius 1 is 1.31 bits per heavy atom. The number of aromatic nitrogens is 1. The Labute approximate surface area is 87.7 Å². The topological polar surface area (TPSA) is 12.9 Å². The van der Waals surface area contributed by atoms with E-state index in [-0.39, 0.29) is 5.82 Å². The number of nitrogens with zero attached hydrogens (tertiary/aromatic N) is 1. The van der Waals surface area contributed by atoms with Crippen molar-refractivity contribution in [2.45, 2.75) is 0 Å². The zero-order valence-corrected chi connectivity index (χ0v) is 8.73. The molecule has 1 heterocycles. The maximum Gasteiger partial charge on any atom is 0.125 e. The molecule has 0 unspecified atom stereocenters. The summed E-state index contributed by atoms with van der Waals surface area (Å²) in [5.41, 5.74) is 0.609. The van der Waals surface area contributed by atoms with Crippen LogP contribution in [-0.4, -0.2) is 4.98 Å². The van der Waals surface area contributed by atoms with Gasteiger partial charge in [0.15, 0.2) is 0 Å². The Balaban J connectivity index is 2.87. The van der Waals surface area contributed by atoms with Crippen molar-refractivity contribution in [1.82, 2.24) is 4.98 Å². The highest BCUT2D eigenvalue weighted by atomic mass is 79.9. The molecule has 0 spiro atoms. The fourth-order valence-corrected chi connectivity index (χ4v) is 1.70. The summed E-state index contributed by atoms with van der Waals surface area (Å²) < 4.78 is 13.6. The van der Waals surface area contributed by atoms with E-state index >= 15 is 0 Å². The molecule has 66 valence electrons. The van der Waals surface area contributed by atoms with Crippen LogP contribution in [0.15, 0.2) is 28.9 Å². The molecule has 0 atom stereocenters. The van der Waals surface area contributed by atoms with E-state index in [4.69, 9.17) is 11.6 Å². The monoisotopic (exact) mass is 259 g/mol. The van der Waals surface area contributed by atoms with Gasteiger partial charge >= 0.3 is 0 Å². The van der Waals surface area contributed by atoms with Crippen LogP contribution >= 0.6 is 27.5 Å². The van der Waals surface area contributed by atoms with Crippen molar-refractivity contribution >= 4 is 38.4 Å². The molecule has 0 aliphatic carbocycles. The van der Waals surface area contributed by atoms with E-state index < -0.39 is 0 Å². The average molecular weight is 260 g/mol. The molecule has 0 fully saturated rings. The minimum atomic E-state index is -0.346. The molecule has 2 rings (SSSR count). The maximum absolute atomic E-state index is 12.9. The molecule has 1 nitrogen and oxygen atoms in total. The molecule has 4 heteroatoms. The second-order valence-electron chi connectivity index (χ2n) is 2.59. The smallest absolute Gasteiger partial charge is 0.125 e. The molecular formula is C9H4BrClFN. The third-order valence-electron chi connectivity index (χ3n) is 1.68. The third kappa shape index (κ3) is 1.67. The van der Waals surface area contributed by atoms with Crippen LogP contribution in [0.2, 0.25) is 5.02 Å². The van der Waals surface area contributed by atoms with Crippen molar-refractivity contribution in [2.75, 3.05) is 0 Å². The van der Waals surface area contributed by atoms with Crippen LogP contribution in [0.5, 0.6) is 0 Å². The van der Waals surface area contributed by atoms with Gasteiger partial charge in [-0.3, -0.25) is 0 Å². The van der Waals surface area contributed by atoms with Crippen LogP contribution in [0.3, 0.4) is 0 Å². The van der Waals surface area contributed by atoms with E-state index in [0.717, 1.165) is 0 Å². The number of pyridine rings is 1. The van der Waals surface area contributed by atoms with Crippen molar-refractivity contribution in [1.29, 1.82) is 0 Å². The Bertz CT molecular complexity index is 472. The van der Waals surface area contributed by atoms with E-state index in [1.165, 1.54) is 12.1 Å². The minimum Gasteiger partial charge on any atom is -0.239 e. The van der Waals surface area contributed by atoms with Crippen LogP contribution in [0.4, 0.5) is 4.39 Å². The maximum atomic E-state index is 12.9. The molecule has 0 N–H and O–H groups in total. The number of benzene rings is 1. The molecule has 13 heavy (non-hydrogen) atoms. The van der Waals surface area contributed by atoms with E-state index in [2.05, 4.69) is 20.9 Å². The molecule has 0 aliphatic heterocycles. The van der Waals surface area contributed by atoms with Gasteiger partial charge < -0.3 is 0 Å². The molecule has 0 aliphatic rings. The van der Waals surface area contributed by atoms with Crippen LogP contribution in [0, 0.1) is 5.82 Å². The van der Waals surface area contributed by atoms with E-state index in [1.54, 1.807) is 12.1 Å². The Morgan fingerprint density at radius 2 is 2.08 bits per heavy atom. The number of rotatable bonds is 0. The first-order valence-corrected chi connectivity index (χ1v) is 4.75. The largest absolute Gasteiger partial charge is 0.239 e. The summed E-state index contributed by atoms with van der Waals surface area (Å²) in [7, 11) is 0. The lowest BCUT2D eigenvalue weighted by Gasteiger charge is -2.00. The van der Waals surface area contributed by atoms with E-state index in [0.29, 0.717) is 20.5 Å². The van der Waals surface area contributed by atoms with Crippen molar-refractivity contribution in [3.05, 3.63) is 39.7 Å². The van der Waals surface area contributed by atoms with Gasteiger partial charge in [0, 0.05) is 5.39 Å². The molecule has 2 aromatic rings. The van der Waals surface area contributed by atoms with Gasteiger partial charge in [-0.2, -0.15) is 0 Å². The lowest BCUT2D eigenvalue weighted by Crippen LogP contribution is -1.83. The summed E-state index contributed by atoms with van der Waals surface area (Å²) in [4.78, 5) is 4.13. The summed E-state index contributed by atoms with van der Waals surface area (Å²) in [5, 5.41) is 1.03. The number of hydrogen-bond donors (Lipinski definition) is 0. The van der Waals surface area contributed by atoms with E-state index in [1.807, 2.05) is 0 Å². The average Bonchev–Trinajstić information content (AvgIpc) is 2.06. The Morgan fingerprint density at radius 3 is 2.85 bits per heavy atom. The fraction of sp³-hybridized carbons (Fsp3) is 0. The molecule has 1 aromatic heterocycles. The Kier molecular flexibility index (Phi) is 2.22. The second kappa shape index (κ2) is 3.24. The SMILES string of the molecule is Fc1cc(Cl)c2nc(Br)ccc2c1. The normalized spacial score (nSPS) is 10.7. The van der Waals surface area contributed by atoms with Gasteiger partial charge in [0.2, 0.25) is 0 Å². The van der Waals surface area contributed by atoms with Gasteiger partial charge in [-0.25, -0.2) is 9.37 Å². The minimum absolute atomic E-state index is 0.330. The van der Waals surface area contributed by atoms with Crippen LogP contribution in [-0.2, 0) is 0 Å². The van der Waals surface area contributed by atoms with Crippen LogP contribution in [0.1, 0.15) is 0 Å². The van der Waals surface area contributed by atoms with Gasteiger partial charge in [0.25, 0.3) is 0 Å². The van der Waals surface area contributed by atoms with Crippen molar-refractivity contribution in [3.63, 3.8) is 0 Å². The third-order valence-corrected chi connectivity index (χ3v) is 2.41. The summed E-state index contributed by atoms with van der Waals surface area (Å²) >= 11 is 9.03. The Hall–Kier alpha value is -0.670. The fourth-order valence-electron chi connectivity index (χ4n) is 1.13. The lowest BCUT2D eigenvalue weighted by atomic mass is 10.2. The summed E-state index contributed by atoms with van der Waals surface area (Å²) in [6, 6.07) is 6.17. The molecular weight excluding hydrogens is 256 g/mol. The quantitative estimate of drug-likeness (QED) is 0.657. The number of hydrogen-bond acceptors (Lipinski definition) is 1. The lowest BCUT2D eigenvalue weighted by molar-refractivity contribution is 0.629. The number of fused-ring (bicyclic) bond motifs is 1. The van der Waals surface area contributed by atoms with Crippen molar-refractivity contribution in [2.24, 2.45) is 0 Å². The molecule has 0 saturated carbocycles. The zero-order chi connectivity index (χ0) is 9.42. The predicted octanol–water partition coefficient (Wildman–Crippen LogP) is 3.79. The molecule has 0 saturated heterocycles. The molecule has 0 amide bonds. The first-order valence-electron chi connectivity index (χ1n) is 3.58. The molecule has 1 aromatic carbocycles. The first-order chi connectivity index (χ1) is 6.16. The highest BCUT2D eigenvalue weighted by Crippen LogP contribution is 2.24. The van der Waals surface area contributed by atoms with Gasteiger partial charge in [-0.1, -0.05) is 11.6 Å². The van der Waals surface area contributed by atoms with Gasteiger partial charge in [-0.15, -0.1) is 0 Å². The summed E-state index contributed by atoms with van der Waals surface area (Å²) in [6.07, 6.45) is 0. The molecule has 0 radical (unpaired) electrons. The van der Waals surface area contributed by atoms with Gasteiger partial charge in [0.1, 0.15) is 10.4 Å². The summed E-state index contributed by atoms with van der Waals surface area (Å²) in [6.45, 7) is 0. The van der Waals surface area contributed by atoms with Crippen molar-refractivity contribution < 1.29 is 4.39 Å². The van der Waals surface area contributed by atoms with Gasteiger partial charge in [-0.05, 0) is 40.2 Å². The predicted molar refractivity (Wildman–Crippen MR) is 54.4 cm³/mol. The standard InChI is InChI=1S/C9H4BrClFN/c10-8-2-1-5-3-6(12)4-7(11)9(5)13-8/h1-4H. The van der Waals surface area contributed by atoms with Crippen LogP contribution in [0.25, 0.3) is 10.9 Å². The summed E-state index contributed by atoms with van der Waals surface area (Å²) in [5.74, 6) is -0.346. The number of halogens is 3. The first kappa shape index (κ1) is 8.91. The highest BCUT2D eigenvalue weighted by Gasteiger charge is 2.03. The molecule has 0 bridgehead atoms. The van der Waals surface area contributed by atoms with E-state index in [9.17, 15) is 4.39 Å². The highest BCUT2D eigenvalue weighted by molar-refractivity contribution is 9.10. The van der Waals surface area contributed by atoms with Crippen LogP contribution < -0.4 is 0 Å². The second-order valence-corrected chi connectivity index (χ2v) is 3.81. The zero-order valence-electron chi connectivity index (χ0n) is 6.39.